The first-order valence-electron chi connectivity index (χ1n) is 27.7. The maximum Gasteiger partial charge on any atom is 0.329 e. The van der Waals surface area contributed by atoms with Crippen LogP contribution in [0, 0.1) is 27.7 Å². The molecule has 9 rings (SSSR count). The first kappa shape index (κ1) is 68.0. The van der Waals surface area contributed by atoms with Crippen LogP contribution in [-0.4, -0.2) is 86.0 Å². The molecule has 9 amide bonds. The van der Waals surface area contributed by atoms with E-state index in [1.54, 1.807) is 72.8 Å². The van der Waals surface area contributed by atoms with Gasteiger partial charge >= 0.3 is 18.1 Å². The number of nitrogens with zero attached hydrogens (tertiary/aromatic N) is 3. The van der Waals surface area contributed by atoms with Crippen LogP contribution < -0.4 is 16.0 Å². The summed E-state index contributed by atoms with van der Waals surface area (Å²) in [4.78, 5) is 116. The van der Waals surface area contributed by atoms with E-state index in [-0.39, 0.29) is 79.1 Å². The summed E-state index contributed by atoms with van der Waals surface area (Å²) in [6.07, 6.45) is 3.20. The Morgan fingerprint density at radius 2 is 0.770 bits per heavy atom. The summed E-state index contributed by atoms with van der Waals surface area (Å²) in [7, 11) is 0. The third-order valence-corrected chi connectivity index (χ3v) is 17.0. The number of rotatable bonds is 15. The molecule has 3 saturated heterocycles. The van der Waals surface area contributed by atoms with Gasteiger partial charge in [-0.15, -0.1) is 0 Å². The topological polar surface area (TPSA) is 199 Å². The molecule has 23 heteroatoms. The van der Waals surface area contributed by atoms with Gasteiger partial charge < -0.3 is 16.0 Å². The van der Waals surface area contributed by atoms with Gasteiger partial charge in [0.15, 0.2) is 17.3 Å². The van der Waals surface area contributed by atoms with E-state index in [0.717, 1.165) is 53.6 Å². The molecule has 3 heterocycles. The summed E-state index contributed by atoms with van der Waals surface area (Å²) < 4.78 is 0. The molecule has 0 unspecified atom stereocenters. The van der Waals surface area contributed by atoms with Crippen molar-refractivity contribution in [2.75, 3.05) is 16.0 Å². The molecule has 6 aromatic rings. The summed E-state index contributed by atoms with van der Waals surface area (Å²) in [6.45, 7) is 7.70. The number of likely N-dealkylation sites (tertiary alicyclic amines) is 3. The number of Topliss-reactive ketones (excluding diaryl/α,β-unsaturated/α-hetero) is 3. The number of halogens is 8. The fraction of sp³-hybridized carbons (Fsp3) is 0.297. The van der Waals surface area contributed by atoms with Crippen LogP contribution in [0.1, 0.15) is 96.7 Å². The van der Waals surface area contributed by atoms with Crippen molar-refractivity contribution in [1.29, 1.82) is 0 Å². The van der Waals surface area contributed by atoms with Gasteiger partial charge in [0, 0.05) is 85.1 Å². The van der Waals surface area contributed by atoms with E-state index >= 15 is 0 Å². The highest BCUT2D eigenvalue weighted by atomic mass is 35.5. The molecule has 0 radical (unpaired) electrons. The molecule has 87 heavy (non-hydrogen) atoms. The molecule has 3 aliphatic rings. The van der Waals surface area contributed by atoms with Crippen LogP contribution in [0.3, 0.4) is 0 Å². The SMILES string of the molecule is Cc1cc(C)c(NC(=O)N2C(=O)CC[C@H]2C(=O)CCc2ccc(Cl)cc2Cl)c(C)c1.Cc1cccc(NC(=O)N2C(=O)CC[C@H]2C(=O)CCc2ccc(Cl)cc2Cl)c1.O=C(CCc1ccc(Cl)cc1Cl)[C@@H]1CCC(=O)N1C(=O)Nc1ccc(Cl)cc1Cl. The monoisotopic (exact) mass is 1340 g/mol. The molecule has 3 fully saturated rings. The van der Waals surface area contributed by atoms with Gasteiger partial charge in [0.1, 0.15) is 18.1 Å². The minimum absolute atomic E-state index is 0.125. The second-order valence-electron chi connectivity index (χ2n) is 21.1. The van der Waals surface area contributed by atoms with Crippen LogP contribution in [0.5, 0.6) is 0 Å². The highest BCUT2D eigenvalue weighted by Crippen LogP contribution is 2.32. The third kappa shape index (κ3) is 18.3. The molecule has 456 valence electrons. The number of ketones is 3. The number of anilines is 3. The van der Waals surface area contributed by atoms with Crippen molar-refractivity contribution in [1.82, 2.24) is 14.7 Å². The Kier molecular flexibility index (Phi) is 24.3. The van der Waals surface area contributed by atoms with Gasteiger partial charge in [-0.3, -0.25) is 43.5 Å². The average molecular weight is 1340 g/mol. The van der Waals surface area contributed by atoms with Gasteiger partial charge in [0.25, 0.3) is 0 Å². The van der Waals surface area contributed by atoms with Crippen molar-refractivity contribution in [2.24, 2.45) is 0 Å². The van der Waals surface area contributed by atoms with Crippen molar-refractivity contribution in [3.63, 3.8) is 0 Å². The molecule has 15 nitrogen and oxygen atoms in total. The second-order valence-corrected chi connectivity index (χ2v) is 24.5. The van der Waals surface area contributed by atoms with Gasteiger partial charge in [-0.2, -0.15) is 0 Å². The molecular weight excluding hydrogens is 1280 g/mol. The van der Waals surface area contributed by atoms with E-state index in [4.69, 9.17) is 92.8 Å². The first-order valence-corrected chi connectivity index (χ1v) is 30.7. The highest BCUT2D eigenvalue weighted by Gasteiger charge is 2.42. The lowest BCUT2D eigenvalue weighted by atomic mass is 10.0. The summed E-state index contributed by atoms with van der Waals surface area (Å²) in [5.41, 5.74) is 7.85. The molecule has 0 saturated carbocycles. The lowest BCUT2D eigenvalue weighted by Gasteiger charge is -2.23. The van der Waals surface area contributed by atoms with Crippen LogP contribution in [0.25, 0.3) is 0 Å². The van der Waals surface area contributed by atoms with Crippen LogP contribution in [0.15, 0.2) is 109 Å². The quantitative estimate of drug-likeness (QED) is 0.0895. The van der Waals surface area contributed by atoms with Crippen molar-refractivity contribution in [3.05, 3.63) is 188 Å². The zero-order valence-electron chi connectivity index (χ0n) is 47.6. The molecule has 0 aromatic heterocycles. The Balaban J connectivity index is 0.000000187. The zero-order valence-corrected chi connectivity index (χ0v) is 53.7. The number of nitrogens with one attached hydrogen (secondary N) is 3. The largest absolute Gasteiger partial charge is 0.329 e. The van der Waals surface area contributed by atoms with E-state index < -0.39 is 42.1 Å². The maximum atomic E-state index is 12.9. The Morgan fingerprint density at radius 1 is 0.414 bits per heavy atom. The van der Waals surface area contributed by atoms with E-state index in [1.807, 2.05) is 52.0 Å². The fourth-order valence-corrected chi connectivity index (χ4v) is 12.4. The number of hydrogen-bond donors (Lipinski definition) is 3. The van der Waals surface area contributed by atoms with Crippen molar-refractivity contribution < 1.29 is 43.2 Å². The Morgan fingerprint density at radius 3 is 1.14 bits per heavy atom. The number of carbonyl (C=O) groups excluding carboxylic acids is 9. The molecule has 0 bridgehead atoms. The summed E-state index contributed by atoms with van der Waals surface area (Å²) in [5, 5.41) is 11.8. The highest BCUT2D eigenvalue weighted by molar-refractivity contribution is 6.37. The molecule has 0 aliphatic carbocycles. The number of amides is 9. The van der Waals surface area contributed by atoms with E-state index in [2.05, 4.69) is 16.0 Å². The number of hydrogen-bond acceptors (Lipinski definition) is 9. The van der Waals surface area contributed by atoms with Crippen LogP contribution in [0.2, 0.25) is 40.2 Å². The molecular formula is C64H60Cl8N6O9. The number of benzene rings is 6. The first-order chi connectivity index (χ1) is 41.3. The number of imide groups is 3. The Bertz CT molecular complexity index is 3650. The van der Waals surface area contributed by atoms with Gasteiger partial charge in [0.05, 0.1) is 10.7 Å². The predicted octanol–water partition coefficient (Wildman–Crippen LogP) is 16.7. The minimum Gasteiger partial charge on any atom is -0.307 e. The maximum absolute atomic E-state index is 12.9. The number of urea groups is 3. The number of aryl methyl sites for hydroxylation is 7. The van der Waals surface area contributed by atoms with Gasteiger partial charge in [-0.25, -0.2) is 14.4 Å². The summed E-state index contributed by atoms with van der Waals surface area (Å²) in [6, 6.07) is 26.9. The van der Waals surface area contributed by atoms with E-state index in [9.17, 15) is 43.2 Å². The van der Waals surface area contributed by atoms with E-state index in [0.29, 0.717) is 84.3 Å². The van der Waals surface area contributed by atoms with Gasteiger partial charge in [-0.1, -0.05) is 141 Å². The fourth-order valence-electron chi connectivity index (χ4n) is 10.4. The van der Waals surface area contributed by atoms with Crippen LogP contribution >= 0.6 is 92.8 Å². The minimum atomic E-state index is -0.820. The Hall–Kier alpha value is -6.53. The van der Waals surface area contributed by atoms with Gasteiger partial charge in [0.2, 0.25) is 17.7 Å². The smallest absolute Gasteiger partial charge is 0.307 e. The van der Waals surface area contributed by atoms with Crippen LogP contribution in [0.4, 0.5) is 31.4 Å². The Labute approximate surface area is 544 Å². The third-order valence-electron chi connectivity index (χ3n) is 14.7. The normalized spacial score (nSPS) is 16.2. The lowest BCUT2D eigenvalue weighted by molar-refractivity contribution is -0.131. The van der Waals surface area contributed by atoms with Crippen LogP contribution in [-0.2, 0) is 48.0 Å². The predicted molar refractivity (Wildman–Crippen MR) is 344 cm³/mol. The zero-order chi connectivity index (χ0) is 63.4. The van der Waals surface area contributed by atoms with Crippen molar-refractivity contribution in [3.8, 4) is 0 Å². The summed E-state index contributed by atoms with van der Waals surface area (Å²) >= 11 is 48.1. The molecule has 3 N–H and O–H groups in total. The summed E-state index contributed by atoms with van der Waals surface area (Å²) in [5.74, 6) is -1.60. The van der Waals surface area contributed by atoms with Gasteiger partial charge in [-0.05, 0) is 166 Å². The molecule has 3 aliphatic heterocycles. The van der Waals surface area contributed by atoms with Crippen molar-refractivity contribution in [2.45, 2.75) is 123 Å². The average Bonchev–Trinajstić information content (AvgIpc) is 3.40. The van der Waals surface area contributed by atoms with E-state index in [1.165, 1.54) is 12.1 Å². The van der Waals surface area contributed by atoms with Crippen molar-refractivity contribution >= 4 is 163 Å². The second kappa shape index (κ2) is 31.1. The standard InChI is InChI=1S/C23H24Cl2N2O3.C21H20Cl2N2O3.C20H16Cl4N2O3/c1-13-10-14(2)22(15(3)11-13)26-23(30)27-19(7-9-21(27)29)20(28)8-5-16-4-6-17(24)12-18(16)25;1-13-3-2-4-16(11-13)24-21(28)25-18(8-10-20(25)27)19(26)9-6-14-5-7-15(22)12-17(14)23;21-12-3-1-11(14(23)9-12)2-7-18(27)17-6-8-19(28)26(17)20(29)25-16-5-4-13(22)10-15(16)24/h4,6,10-12,19H,5,7-9H2,1-3H3,(H,26,30);2-5,7,11-12,18H,6,8-10H2,1H3,(H,24,28);1,3-5,9-10,17H,2,6-8H2,(H,25,29)/t19-;18-;17-/m000/s1. The lowest BCUT2D eigenvalue weighted by Crippen LogP contribution is -2.45. The number of carbonyl (C=O) groups is 9. The molecule has 6 aromatic carbocycles. The molecule has 3 atom stereocenters. The molecule has 0 spiro atoms.